The number of carboxylic acids is 1. The molecule has 1 atom stereocenters. The molecule has 0 spiro atoms. The van der Waals surface area contributed by atoms with Gasteiger partial charge in [-0.15, -0.1) is 0 Å². The fraction of sp³-hybridized carbons (Fsp3) is 0.909. The topological polar surface area (TPSA) is 37.3 Å². The fourth-order valence-corrected chi connectivity index (χ4v) is 3.63. The summed E-state index contributed by atoms with van der Waals surface area (Å²) < 4.78 is 0. The summed E-state index contributed by atoms with van der Waals surface area (Å²) in [6.45, 7) is 4.47. The Labute approximate surface area is 79.3 Å². The van der Waals surface area contributed by atoms with Gasteiger partial charge in [-0.2, -0.15) is 0 Å². The van der Waals surface area contributed by atoms with E-state index in [2.05, 4.69) is 13.8 Å². The van der Waals surface area contributed by atoms with Crippen molar-refractivity contribution in [1.29, 1.82) is 0 Å². The first-order chi connectivity index (χ1) is 5.98. The number of carboxylic acid groups (broad SMARTS) is 1. The molecule has 2 fully saturated rings. The quantitative estimate of drug-likeness (QED) is 0.713. The van der Waals surface area contributed by atoms with Gasteiger partial charge in [-0.3, -0.25) is 4.79 Å². The summed E-state index contributed by atoms with van der Waals surface area (Å²) in [6.07, 6.45) is 5.34. The minimum Gasteiger partial charge on any atom is -0.481 e. The molecular formula is C11H18O2. The molecule has 0 aromatic carbocycles. The fourth-order valence-electron chi connectivity index (χ4n) is 3.63. The van der Waals surface area contributed by atoms with Crippen molar-refractivity contribution in [3.8, 4) is 0 Å². The van der Waals surface area contributed by atoms with E-state index in [1.165, 1.54) is 25.7 Å². The van der Waals surface area contributed by atoms with Crippen LogP contribution >= 0.6 is 0 Å². The van der Waals surface area contributed by atoms with E-state index in [-0.39, 0.29) is 5.41 Å². The largest absolute Gasteiger partial charge is 0.481 e. The molecule has 1 N–H and O–H groups in total. The number of fused-ring (bicyclic) bond motifs is 2. The van der Waals surface area contributed by atoms with Crippen molar-refractivity contribution in [3.63, 3.8) is 0 Å². The second kappa shape index (κ2) is 2.49. The maximum atomic E-state index is 10.8. The van der Waals surface area contributed by atoms with Crippen LogP contribution in [-0.4, -0.2) is 11.1 Å². The van der Waals surface area contributed by atoms with Gasteiger partial charge >= 0.3 is 5.97 Å². The van der Waals surface area contributed by atoms with Gasteiger partial charge in [0.25, 0.3) is 0 Å². The molecule has 2 heteroatoms. The van der Waals surface area contributed by atoms with Crippen LogP contribution in [0.1, 0.15) is 46.0 Å². The lowest BCUT2D eigenvalue weighted by Crippen LogP contribution is -2.32. The molecule has 0 saturated heterocycles. The van der Waals surface area contributed by atoms with Gasteiger partial charge in [-0.25, -0.2) is 0 Å². The van der Waals surface area contributed by atoms with Crippen LogP contribution < -0.4 is 0 Å². The summed E-state index contributed by atoms with van der Waals surface area (Å²) in [6, 6.07) is 0. The zero-order chi connectivity index (χ0) is 9.69. The monoisotopic (exact) mass is 182 g/mol. The third-order valence-electron chi connectivity index (χ3n) is 4.89. The van der Waals surface area contributed by atoms with E-state index in [1.54, 1.807) is 0 Å². The highest BCUT2D eigenvalue weighted by Crippen LogP contribution is 2.67. The van der Waals surface area contributed by atoms with Crippen LogP contribution in [0.4, 0.5) is 0 Å². The summed E-state index contributed by atoms with van der Waals surface area (Å²) in [5, 5.41) is 8.92. The zero-order valence-electron chi connectivity index (χ0n) is 8.47. The molecule has 2 rings (SSSR count). The van der Waals surface area contributed by atoms with Crippen molar-refractivity contribution in [1.82, 2.24) is 0 Å². The van der Waals surface area contributed by atoms with E-state index in [0.29, 0.717) is 17.8 Å². The third kappa shape index (κ3) is 1.04. The molecule has 2 saturated carbocycles. The SMILES string of the molecule is CC12CCC(CC1)[C@@]2(C)CC(=O)O. The lowest BCUT2D eigenvalue weighted by Gasteiger charge is -2.36. The van der Waals surface area contributed by atoms with E-state index in [9.17, 15) is 4.79 Å². The van der Waals surface area contributed by atoms with Crippen LogP contribution in [0.25, 0.3) is 0 Å². The second-order valence-corrected chi connectivity index (χ2v) is 5.32. The highest BCUT2D eigenvalue weighted by atomic mass is 16.4. The summed E-state index contributed by atoms with van der Waals surface area (Å²) >= 11 is 0. The van der Waals surface area contributed by atoms with Crippen molar-refractivity contribution < 1.29 is 9.90 Å². The van der Waals surface area contributed by atoms with Crippen LogP contribution in [0.5, 0.6) is 0 Å². The van der Waals surface area contributed by atoms with Gasteiger partial charge in [0, 0.05) is 0 Å². The smallest absolute Gasteiger partial charge is 0.303 e. The Bertz CT molecular complexity index is 238. The molecule has 74 valence electrons. The molecule has 0 amide bonds. The molecule has 2 bridgehead atoms. The van der Waals surface area contributed by atoms with Crippen LogP contribution in [0.2, 0.25) is 0 Å². The van der Waals surface area contributed by atoms with Crippen molar-refractivity contribution in [2.24, 2.45) is 16.7 Å². The Morgan fingerprint density at radius 3 is 2.23 bits per heavy atom. The van der Waals surface area contributed by atoms with Crippen LogP contribution in [0.15, 0.2) is 0 Å². The highest BCUT2D eigenvalue weighted by molar-refractivity contribution is 5.68. The van der Waals surface area contributed by atoms with Gasteiger partial charge in [0.1, 0.15) is 0 Å². The first-order valence-electron chi connectivity index (χ1n) is 5.20. The standard InChI is InChI=1S/C11H18O2/c1-10-5-3-8(4-6-10)11(10,2)7-9(12)13/h8H,3-7H2,1-2H3,(H,12,13)/t8?,10?,11-/m1/s1. The molecule has 0 unspecified atom stereocenters. The molecule has 2 aliphatic carbocycles. The number of rotatable bonds is 2. The van der Waals surface area contributed by atoms with Crippen molar-refractivity contribution in [2.75, 3.05) is 0 Å². The van der Waals surface area contributed by atoms with E-state index in [4.69, 9.17) is 5.11 Å². The van der Waals surface area contributed by atoms with Gasteiger partial charge in [0.2, 0.25) is 0 Å². The Hall–Kier alpha value is -0.530. The van der Waals surface area contributed by atoms with Crippen LogP contribution in [0.3, 0.4) is 0 Å². The van der Waals surface area contributed by atoms with Crippen molar-refractivity contribution >= 4 is 5.97 Å². The van der Waals surface area contributed by atoms with E-state index in [1.807, 2.05) is 0 Å². The predicted octanol–water partition coefficient (Wildman–Crippen LogP) is 2.68. The van der Waals surface area contributed by atoms with Crippen LogP contribution in [0, 0.1) is 16.7 Å². The maximum absolute atomic E-state index is 10.8. The molecule has 13 heavy (non-hydrogen) atoms. The van der Waals surface area contributed by atoms with Gasteiger partial charge in [-0.05, 0) is 42.4 Å². The Morgan fingerprint density at radius 2 is 1.92 bits per heavy atom. The number of aliphatic carboxylic acids is 1. The normalized spacial score (nSPS) is 48.3. The minimum atomic E-state index is -0.623. The molecule has 0 heterocycles. The maximum Gasteiger partial charge on any atom is 0.303 e. The summed E-state index contributed by atoms with van der Waals surface area (Å²) in [5.74, 6) is 0.0520. The van der Waals surface area contributed by atoms with Gasteiger partial charge in [-0.1, -0.05) is 13.8 Å². The van der Waals surface area contributed by atoms with Gasteiger partial charge < -0.3 is 5.11 Å². The lowest BCUT2D eigenvalue weighted by atomic mass is 9.67. The number of hydrogen-bond donors (Lipinski definition) is 1. The molecule has 0 aromatic heterocycles. The molecule has 2 nitrogen and oxygen atoms in total. The summed E-state index contributed by atoms with van der Waals surface area (Å²) in [7, 11) is 0. The Kier molecular flexibility index (Phi) is 1.73. The van der Waals surface area contributed by atoms with Gasteiger partial charge in [0.15, 0.2) is 0 Å². The number of hydrogen-bond acceptors (Lipinski definition) is 1. The van der Waals surface area contributed by atoms with Crippen molar-refractivity contribution in [3.05, 3.63) is 0 Å². The van der Waals surface area contributed by atoms with Crippen molar-refractivity contribution in [2.45, 2.75) is 46.0 Å². The Morgan fingerprint density at radius 1 is 1.38 bits per heavy atom. The molecule has 0 radical (unpaired) electrons. The van der Waals surface area contributed by atoms with E-state index >= 15 is 0 Å². The number of carbonyl (C=O) groups is 1. The van der Waals surface area contributed by atoms with Crippen LogP contribution in [-0.2, 0) is 4.79 Å². The highest BCUT2D eigenvalue weighted by Gasteiger charge is 2.59. The first-order valence-corrected chi connectivity index (χ1v) is 5.20. The molecule has 2 aliphatic rings. The van der Waals surface area contributed by atoms with E-state index in [0.717, 1.165) is 0 Å². The average molecular weight is 182 g/mol. The van der Waals surface area contributed by atoms with E-state index < -0.39 is 5.97 Å². The van der Waals surface area contributed by atoms with Gasteiger partial charge in [0.05, 0.1) is 6.42 Å². The summed E-state index contributed by atoms with van der Waals surface area (Å²) in [5.41, 5.74) is 0.398. The third-order valence-corrected chi connectivity index (χ3v) is 4.89. The average Bonchev–Trinajstić information content (AvgIpc) is 2.36. The lowest BCUT2D eigenvalue weighted by molar-refractivity contribution is -0.141. The summed E-state index contributed by atoms with van der Waals surface area (Å²) in [4.78, 5) is 10.8. The molecular weight excluding hydrogens is 164 g/mol. The molecule has 0 aromatic rings. The first kappa shape index (κ1) is 9.04. The predicted molar refractivity (Wildman–Crippen MR) is 50.4 cm³/mol. The molecule has 0 aliphatic heterocycles. The Balaban J connectivity index is 2.26. The second-order valence-electron chi connectivity index (χ2n) is 5.32. The minimum absolute atomic E-state index is 0.0822. The zero-order valence-corrected chi connectivity index (χ0v) is 8.47.